The Hall–Kier alpha value is -1.99. The molecule has 2 amide bonds. The van der Waals surface area contributed by atoms with E-state index in [1.54, 1.807) is 6.20 Å². The van der Waals surface area contributed by atoms with Gasteiger partial charge in [-0.1, -0.05) is 0 Å². The lowest BCUT2D eigenvalue weighted by atomic mass is 9.92. The summed E-state index contributed by atoms with van der Waals surface area (Å²) in [5, 5.41) is 3.15. The summed E-state index contributed by atoms with van der Waals surface area (Å²) in [5.41, 5.74) is 2.37. The van der Waals surface area contributed by atoms with Crippen molar-refractivity contribution in [1.29, 1.82) is 0 Å². The van der Waals surface area contributed by atoms with E-state index in [2.05, 4.69) is 22.1 Å². The maximum atomic E-state index is 12.7. The van der Waals surface area contributed by atoms with Crippen LogP contribution in [0.3, 0.4) is 0 Å². The molecule has 176 valence electrons. The number of nitrogens with one attached hydrogen (secondary N) is 1. The van der Waals surface area contributed by atoms with Crippen LogP contribution in [0.25, 0.3) is 0 Å². The van der Waals surface area contributed by atoms with Crippen molar-refractivity contribution in [3.8, 4) is 0 Å². The average molecular weight is 443 g/mol. The van der Waals surface area contributed by atoms with Gasteiger partial charge in [-0.05, 0) is 75.7 Å². The third-order valence-electron chi connectivity index (χ3n) is 7.58. The van der Waals surface area contributed by atoms with Gasteiger partial charge in [0.2, 0.25) is 11.8 Å². The third kappa shape index (κ3) is 6.07. The first-order valence-corrected chi connectivity index (χ1v) is 12.4. The van der Waals surface area contributed by atoms with Crippen LogP contribution in [0, 0.1) is 18.8 Å². The van der Waals surface area contributed by atoms with Gasteiger partial charge in [0.05, 0.1) is 6.61 Å². The van der Waals surface area contributed by atoms with Crippen molar-refractivity contribution >= 4 is 11.8 Å². The van der Waals surface area contributed by atoms with Crippen molar-refractivity contribution in [2.24, 2.45) is 11.8 Å². The first kappa shape index (κ1) is 23.2. The molecule has 3 aliphatic rings. The molecule has 0 radical (unpaired) electrons. The minimum Gasteiger partial charge on any atom is -0.381 e. The van der Waals surface area contributed by atoms with Crippen LogP contribution in [0.1, 0.15) is 49.7 Å². The minimum atomic E-state index is 0.145. The molecule has 0 bridgehead atoms. The van der Waals surface area contributed by atoms with Crippen molar-refractivity contribution in [3.63, 3.8) is 0 Å². The van der Waals surface area contributed by atoms with Crippen LogP contribution in [-0.4, -0.2) is 78.6 Å². The van der Waals surface area contributed by atoms with Crippen molar-refractivity contribution in [3.05, 3.63) is 29.6 Å². The quantitative estimate of drug-likeness (QED) is 0.701. The monoisotopic (exact) mass is 442 g/mol. The SMILES string of the molecule is Cc1ccncc1CCC(=O)N1CCC(N2CCC(C(=O)NCC3CCOC3)CC2)CC1. The lowest BCUT2D eigenvalue weighted by Gasteiger charge is -2.41. The number of aromatic nitrogens is 1. The second kappa shape index (κ2) is 11.2. The predicted octanol–water partition coefficient (Wildman–Crippen LogP) is 2.18. The lowest BCUT2D eigenvalue weighted by Crippen LogP contribution is -2.50. The standard InChI is InChI=1S/C25H38N4O3/c1-19-4-10-26-17-22(19)2-3-24(30)29-13-7-23(8-14-29)28-11-5-21(6-12-28)25(31)27-16-20-9-15-32-18-20/h4,10,17,20-21,23H,2-3,5-9,11-16,18H2,1H3,(H,27,31). The summed E-state index contributed by atoms with van der Waals surface area (Å²) < 4.78 is 5.39. The number of piperidine rings is 2. The van der Waals surface area contributed by atoms with Gasteiger partial charge in [-0.3, -0.25) is 14.6 Å². The number of likely N-dealkylation sites (tertiary alicyclic amines) is 2. The summed E-state index contributed by atoms with van der Waals surface area (Å²) in [7, 11) is 0. The molecule has 0 aromatic carbocycles. The number of hydrogen-bond acceptors (Lipinski definition) is 5. The zero-order valence-electron chi connectivity index (χ0n) is 19.4. The Morgan fingerprint density at radius 3 is 2.59 bits per heavy atom. The van der Waals surface area contributed by atoms with E-state index >= 15 is 0 Å². The van der Waals surface area contributed by atoms with Gasteiger partial charge >= 0.3 is 0 Å². The average Bonchev–Trinajstić information content (AvgIpc) is 3.36. The number of pyridine rings is 1. The number of carbonyl (C=O) groups excluding carboxylic acids is 2. The highest BCUT2D eigenvalue weighted by atomic mass is 16.5. The number of nitrogens with zero attached hydrogens (tertiary/aromatic N) is 3. The first-order chi connectivity index (χ1) is 15.6. The molecule has 7 nitrogen and oxygen atoms in total. The van der Waals surface area contributed by atoms with Gasteiger partial charge in [-0.25, -0.2) is 0 Å². The molecule has 0 aliphatic carbocycles. The Labute approximate surface area is 191 Å². The van der Waals surface area contributed by atoms with E-state index < -0.39 is 0 Å². The normalized spacial score (nSPS) is 23.4. The minimum absolute atomic E-state index is 0.145. The topological polar surface area (TPSA) is 74.8 Å². The molecule has 0 saturated carbocycles. The maximum Gasteiger partial charge on any atom is 0.223 e. The second-order valence-electron chi connectivity index (χ2n) is 9.70. The predicted molar refractivity (Wildman–Crippen MR) is 123 cm³/mol. The Morgan fingerprint density at radius 1 is 1.12 bits per heavy atom. The van der Waals surface area contributed by atoms with E-state index in [0.29, 0.717) is 18.4 Å². The summed E-state index contributed by atoms with van der Waals surface area (Å²) in [6.45, 7) is 8.11. The smallest absolute Gasteiger partial charge is 0.223 e. The summed E-state index contributed by atoms with van der Waals surface area (Å²) in [4.78, 5) is 34.0. The molecule has 7 heteroatoms. The molecule has 3 fully saturated rings. The number of aryl methyl sites for hydroxylation is 2. The van der Waals surface area contributed by atoms with Gasteiger partial charge in [0, 0.05) is 62.9 Å². The molecule has 1 aromatic heterocycles. The summed E-state index contributed by atoms with van der Waals surface area (Å²) in [5.74, 6) is 1.11. The second-order valence-corrected chi connectivity index (χ2v) is 9.70. The van der Waals surface area contributed by atoms with Gasteiger partial charge in [-0.2, -0.15) is 0 Å². The van der Waals surface area contributed by atoms with Gasteiger partial charge in [0.15, 0.2) is 0 Å². The fourth-order valence-corrected chi connectivity index (χ4v) is 5.30. The van der Waals surface area contributed by atoms with E-state index in [9.17, 15) is 9.59 Å². The van der Waals surface area contributed by atoms with Gasteiger partial charge in [-0.15, -0.1) is 0 Å². The van der Waals surface area contributed by atoms with Crippen LogP contribution in [0.2, 0.25) is 0 Å². The van der Waals surface area contributed by atoms with Crippen LogP contribution < -0.4 is 5.32 Å². The molecular formula is C25H38N4O3. The zero-order chi connectivity index (χ0) is 22.3. The molecule has 3 aliphatic heterocycles. The van der Waals surface area contributed by atoms with Crippen LogP contribution in [0.5, 0.6) is 0 Å². The molecule has 1 atom stereocenters. The molecular weight excluding hydrogens is 404 g/mol. The highest BCUT2D eigenvalue weighted by Gasteiger charge is 2.31. The van der Waals surface area contributed by atoms with Crippen LogP contribution >= 0.6 is 0 Å². The molecule has 32 heavy (non-hydrogen) atoms. The highest BCUT2D eigenvalue weighted by molar-refractivity contribution is 5.78. The Bertz CT molecular complexity index is 764. The maximum absolute atomic E-state index is 12.7. The Morgan fingerprint density at radius 2 is 1.91 bits per heavy atom. The molecule has 4 rings (SSSR count). The number of rotatable bonds is 7. The molecule has 4 heterocycles. The van der Waals surface area contributed by atoms with E-state index in [1.807, 2.05) is 17.2 Å². The fraction of sp³-hybridized carbons (Fsp3) is 0.720. The molecule has 1 N–H and O–H groups in total. The number of amides is 2. The molecule has 0 spiro atoms. The molecule has 1 aromatic rings. The summed E-state index contributed by atoms with van der Waals surface area (Å²) >= 11 is 0. The fourth-order valence-electron chi connectivity index (χ4n) is 5.30. The highest BCUT2D eigenvalue weighted by Crippen LogP contribution is 2.25. The van der Waals surface area contributed by atoms with Gasteiger partial charge in [0.25, 0.3) is 0 Å². The van der Waals surface area contributed by atoms with E-state index in [1.165, 1.54) is 11.1 Å². The third-order valence-corrected chi connectivity index (χ3v) is 7.58. The summed E-state index contributed by atoms with van der Waals surface area (Å²) in [6, 6.07) is 2.54. The van der Waals surface area contributed by atoms with Crippen molar-refractivity contribution < 1.29 is 14.3 Å². The number of hydrogen-bond donors (Lipinski definition) is 1. The van der Waals surface area contributed by atoms with Crippen LogP contribution in [0.4, 0.5) is 0 Å². The summed E-state index contributed by atoms with van der Waals surface area (Å²) in [6.07, 6.45) is 10.0. The van der Waals surface area contributed by atoms with Gasteiger partial charge < -0.3 is 19.9 Å². The Balaban J connectivity index is 1.14. The first-order valence-electron chi connectivity index (χ1n) is 12.4. The van der Waals surface area contributed by atoms with Gasteiger partial charge in [0.1, 0.15) is 0 Å². The van der Waals surface area contributed by atoms with E-state index in [4.69, 9.17) is 4.74 Å². The van der Waals surface area contributed by atoms with E-state index in [0.717, 1.165) is 84.5 Å². The Kier molecular flexibility index (Phi) is 8.14. The number of carbonyl (C=O) groups is 2. The van der Waals surface area contributed by atoms with Crippen LogP contribution in [0.15, 0.2) is 18.5 Å². The molecule has 1 unspecified atom stereocenters. The zero-order valence-corrected chi connectivity index (χ0v) is 19.4. The number of ether oxygens (including phenoxy) is 1. The van der Waals surface area contributed by atoms with Crippen molar-refractivity contribution in [2.45, 2.75) is 57.9 Å². The molecule has 3 saturated heterocycles. The largest absolute Gasteiger partial charge is 0.381 e. The van der Waals surface area contributed by atoms with Crippen molar-refractivity contribution in [1.82, 2.24) is 20.1 Å². The van der Waals surface area contributed by atoms with Crippen LogP contribution in [-0.2, 0) is 20.7 Å². The van der Waals surface area contributed by atoms with E-state index in [-0.39, 0.29) is 17.7 Å². The van der Waals surface area contributed by atoms with Crippen molar-refractivity contribution in [2.75, 3.05) is 45.9 Å². The lowest BCUT2D eigenvalue weighted by molar-refractivity contribution is -0.133.